The number of nitrogens with zero attached hydrogens (tertiary/aromatic N) is 1. The molecule has 1 unspecified atom stereocenters. The lowest BCUT2D eigenvalue weighted by atomic mass is 9.90. The van der Waals surface area contributed by atoms with Gasteiger partial charge in [0.15, 0.2) is 0 Å². The molecule has 0 rings (SSSR count). The summed E-state index contributed by atoms with van der Waals surface area (Å²) in [7, 11) is 0. The van der Waals surface area contributed by atoms with Gasteiger partial charge in [0.25, 0.3) is 0 Å². The molecule has 1 atom stereocenters. The fourth-order valence-corrected chi connectivity index (χ4v) is 0.789. The number of hydrogen-bond acceptors (Lipinski definition) is 3. The summed E-state index contributed by atoms with van der Waals surface area (Å²) in [5.74, 6) is 0. The molecule has 0 heterocycles. The fourth-order valence-electron chi connectivity index (χ4n) is 0.789. The average Bonchev–Trinajstić information content (AvgIpc) is 2.13. The third-order valence-electron chi connectivity index (χ3n) is 2.63. The van der Waals surface area contributed by atoms with Gasteiger partial charge in [-0.25, -0.2) is 0 Å². The van der Waals surface area contributed by atoms with E-state index in [-0.39, 0.29) is 6.04 Å². The molecule has 0 saturated carbocycles. The molecular formula is C10H22N2O. The molecule has 3 heteroatoms. The van der Waals surface area contributed by atoms with E-state index in [0.717, 1.165) is 18.7 Å². The molecule has 0 fully saturated rings. The Morgan fingerprint density at radius 2 is 2.08 bits per heavy atom. The van der Waals surface area contributed by atoms with Gasteiger partial charge >= 0.3 is 0 Å². The summed E-state index contributed by atoms with van der Waals surface area (Å²) in [6.07, 6.45) is 1.14. The van der Waals surface area contributed by atoms with Crippen LogP contribution in [0.5, 0.6) is 0 Å². The van der Waals surface area contributed by atoms with Gasteiger partial charge in [-0.3, -0.25) is 0 Å². The minimum atomic E-state index is 0.149. The van der Waals surface area contributed by atoms with Crippen molar-refractivity contribution < 1.29 is 5.21 Å². The van der Waals surface area contributed by atoms with Crippen LogP contribution in [0.1, 0.15) is 41.0 Å². The maximum Gasteiger partial charge on any atom is 0.0706 e. The molecule has 0 saturated heterocycles. The van der Waals surface area contributed by atoms with Crippen molar-refractivity contribution in [3.05, 3.63) is 0 Å². The Kier molecular flexibility index (Phi) is 4.99. The molecule has 0 spiro atoms. The summed E-state index contributed by atoms with van der Waals surface area (Å²) >= 11 is 0. The Labute approximate surface area is 81.2 Å². The number of oxime groups is 1. The Morgan fingerprint density at radius 1 is 1.54 bits per heavy atom. The van der Waals surface area contributed by atoms with Gasteiger partial charge in [0.1, 0.15) is 0 Å². The maximum absolute atomic E-state index is 8.54. The van der Waals surface area contributed by atoms with Gasteiger partial charge in [0, 0.05) is 12.6 Å². The number of hydrogen-bond donors (Lipinski definition) is 2. The van der Waals surface area contributed by atoms with Crippen LogP contribution in [0.15, 0.2) is 5.16 Å². The highest BCUT2D eigenvalue weighted by Crippen LogP contribution is 2.17. The Morgan fingerprint density at radius 3 is 2.46 bits per heavy atom. The zero-order valence-electron chi connectivity index (χ0n) is 9.39. The molecule has 3 nitrogen and oxygen atoms in total. The van der Waals surface area contributed by atoms with Crippen molar-refractivity contribution in [3.8, 4) is 0 Å². The van der Waals surface area contributed by atoms with Gasteiger partial charge in [-0.05, 0) is 25.7 Å². The van der Waals surface area contributed by atoms with E-state index in [1.807, 2.05) is 13.8 Å². The molecule has 2 N–H and O–H groups in total. The van der Waals surface area contributed by atoms with Gasteiger partial charge in [-0.1, -0.05) is 25.9 Å². The van der Waals surface area contributed by atoms with Crippen LogP contribution in [0.2, 0.25) is 0 Å². The quantitative estimate of drug-likeness (QED) is 0.393. The Hall–Kier alpha value is -0.570. The van der Waals surface area contributed by atoms with Crippen molar-refractivity contribution in [3.63, 3.8) is 0 Å². The topological polar surface area (TPSA) is 44.6 Å². The van der Waals surface area contributed by atoms with Crippen LogP contribution in [-0.4, -0.2) is 23.5 Å². The number of nitrogens with one attached hydrogen (secondary N) is 1. The molecule has 0 aliphatic carbocycles. The fraction of sp³-hybridized carbons (Fsp3) is 0.900. The van der Waals surface area contributed by atoms with Gasteiger partial charge in [-0.2, -0.15) is 0 Å². The minimum Gasteiger partial charge on any atom is -0.411 e. The zero-order chi connectivity index (χ0) is 10.5. The van der Waals surface area contributed by atoms with E-state index in [1.165, 1.54) is 0 Å². The molecule has 0 amide bonds. The monoisotopic (exact) mass is 186 g/mol. The predicted octanol–water partition coefficient (Wildman–Crippen LogP) is 2.25. The summed E-state index contributed by atoms with van der Waals surface area (Å²) in [6.45, 7) is 11.4. The SMILES string of the molecule is CCC(C)(C)CNC(C)/C(C)=N/O. The second-order valence-corrected chi connectivity index (χ2v) is 4.36. The highest BCUT2D eigenvalue weighted by molar-refractivity contribution is 5.86. The third-order valence-corrected chi connectivity index (χ3v) is 2.63. The lowest BCUT2D eigenvalue weighted by Gasteiger charge is -2.25. The van der Waals surface area contributed by atoms with E-state index >= 15 is 0 Å². The molecule has 0 aromatic rings. The van der Waals surface area contributed by atoms with Crippen LogP contribution >= 0.6 is 0 Å². The second-order valence-electron chi connectivity index (χ2n) is 4.36. The van der Waals surface area contributed by atoms with Crippen LogP contribution in [0.3, 0.4) is 0 Å². The second kappa shape index (κ2) is 5.22. The van der Waals surface area contributed by atoms with E-state index in [2.05, 4.69) is 31.2 Å². The first-order chi connectivity index (χ1) is 5.93. The predicted molar refractivity (Wildman–Crippen MR) is 56.4 cm³/mol. The van der Waals surface area contributed by atoms with Crippen LogP contribution in [-0.2, 0) is 0 Å². The first-order valence-electron chi connectivity index (χ1n) is 4.85. The minimum absolute atomic E-state index is 0.149. The van der Waals surface area contributed by atoms with Gasteiger partial charge in [-0.15, -0.1) is 0 Å². The lowest BCUT2D eigenvalue weighted by molar-refractivity contribution is 0.307. The molecule has 0 bridgehead atoms. The van der Waals surface area contributed by atoms with Gasteiger partial charge in [0.05, 0.1) is 5.71 Å². The summed E-state index contributed by atoms with van der Waals surface area (Å²) in [6, 6.07) is 0.149. The maximum atomic E-state index is 8.54. The molecule has 78 valence electrons. The van der Waals surface area contributed by atoms with Crippen molar-refractivity contribution in [2.75, 3.05) is 6.54 Å². The molecule has 0 aromatic carbocycles. The van der Waals surface area contributed by atoms with Crippen LogP contribution < -0.4 is 5.32 Å². The van der Waals surface area contributed by atoms with Crippen LogP contribution in [0.4, 0.5) is 0 Å². The molecule has 13 heavy (non-hydrogen) atoms. The van der Waals surface area contributed by atoms with E-state index in [4.69, 9.17) is 5.21 Å². The van der Waals surface area contributed by atoms with Crippen molar-refractivity contribution in [1.82, 2.24) is 5.32 Å². The highest BCUT2D eigenvalue weighted by Gasteiger charge is 2.16. The molecule has 0 aliphatic heterocycles. The third kappa shape index (κ3) is 4.88. The standard InChI is InChI=1S/C10H22N2O/c1-6-10(4,5)7-11-8(2)9(3)12-13/h8,11,13H,6-7H2,1-5H3/b12-9+. The molecule has 0 aromatic heterocycles. The van der Waals surface area contributed by atoms with Crippen LogP contribution in [0.25, 0.3) is 0 Å². The number of rotatable bonds is 5. The lowest BCUT2D eigenvalue weighted by Crippen LogP contribution is -2.38. The van der Waals surface area contributed by atoms with Crippen molar-refractivity contribution >= 4 is 5.71 Å². The van der Waals surface area contributed by atoms with E-state index in [0.29, 0.717) is 5.41 Å². The average molecular weight is 186 g/mol. The summed E-state index contributed by atoms with van der Waals surface area (Å²) < 4.78 is 0. The van der Waals surface area contributed by atoms with Crippen molar-refractivity contribution in [2.24, 2.45) is 10.6 Å². The Balaban J connectivity index is 3.89. The van der Waals surface area contributed by atoms with E-state index in [1.54, 1.807) is 0 Å². The van der Waals surface area contributed by atoms with Gasteiger partial charge < -0.3 is 10.5 Å². The zero-order valence-corrected chi connectivity index (χ0v) is 9.39. The normalized spacial score (nSPS) is 15.9. The summed E-state index contributed by atoms with van der Waals surface area (Å²) in [4.78, 5) is 0. The first kappa shape index (κ1) is 12.4. The largest absolute Gasteiger partial charge is 0.411 e. The molecule has 0 radical (unpaired) electrons. The van der Waals surface area contributed by atoms with E-state index < -0.39 is 0 Å². The highest BCUT2D eigenvalue weighted by atomic mass is 16.4. The smallest absolute Gasteiger partial charge is 0.0706 e. The molecule has 0 aliphatic rings. The van der Waals surface area contributed by atoms with E-state index in [9.17, 15) is 0 Å². The molecular weight excluding hydrogens is 164 g/mol. The van der Waals surface area contributed by atoms with Gasteiger partial charge in [0.2, 0.25) is 0 Å². The summed E-state index contributed by atoms with van der Waals surface area (Å²) in [5, 5.41) is 15.0. The first-order valence-corrected chi connectivity index (χ1v) is 4.85. The van der Waals surface area contributed by atoms with Crippen molar-refractivity contribution in [1.29, 1.82) is 0 Å². The van der Waals surface area contributed by atoms with Crippen LogP contribution in [0, 0.1) is 5.41 Å². The van der Waals surface area contributed by atoms with Crippen molar-refractivity contribution in [2.45, 2.75) is 47.1 Å². The Bertz CT molecular complexity index is 176. The summed E-state index contributed by atoms with van der Waals surface area (Å²) in [5.41, 5.74) is 1.04.